The fourth-order valence-electron chi connectivity index (χ4n) is 4.36. The van der Waals surface area contributed by atoms with Gasteiger partial charge in [0.25, 0.3) is 5.91 Å². The molecule has 212 valence electrons. The second kappa shape index (κ2) is 14.0. The van der Waals surface area contributed by atoms with Crippen LogP contribution in [0, 0.1) is 0 Å². The molecule has 1 heterocycles. The predicted octanol–water partition coefficient (Wildman–Crippen LogP) is 1.96. The van der Waals surface area contributed by atoms with Crippen LogP contribution in [0.4, 0.5) is 0 Å². The van der Waals surface area contributed by atoms with Crippen LogP contribution in [0.3, 0.4) is 0 Å². The van der Waals surface area contributed by atoms with E-state index in [0.29, 0.717) is 37.6 Å². The molecule has 0 aromatic heterocycles. The van der Waals surface area contributed by atoms with Crippen molar-refractivity contribution in [2.24, 2.45) is 0 Å². The second-order valence-corrected chi connectivity index (χ2v) is 11.0. The maximum atomic E-state index is 13.6. The summed E-state index contributed by atoms with van der Waals surface area (Å²) in [5.41, 5.74) is 1.43. The Hall–Kier alpha value is -3.77. The molecule has 1 saturated heterocycles. The number of carbonyl (C=O) groups excluding carboxylic acids is 2. The van der Waals surface area contributed by atoms with Crippen molar-refractivity contribution < 1.29 is 32.6 Å². The zero-order chi connectivity index (χ0) is 28.4. The van der Waals surface area contributed by atoms with E-state index in [0.717, 1.165) is 5.56 Å². The molecule has 1 fully saturated rings. The molecular formula is C29H33N3O7S. The molecule has 1 atom stereocenters. The third kappa shape index (κ3) is 7.45. The fourth-order valence-corrected chi connectivity index (χ4v) is 5.77. The number of nitrogens with one attached hydrogen (secondary N) is 1. The van der Waals surface area contributed by atoms with Crippen molar-refractivity contribution in [3.8, 4) is 5.75 Å². The number of aliphatic hydroxyl groups is 1. The SMILES string of the molecule is O=C(NCCO)C(c1ccccc1)N(Cc1ccccc1)C(=O)COc1ccc(S(=O)(=O)N2CCOCC2)cc1. The first-order valence-corrected chi connectivity index (χ1v) is 14.4. The van der Waals surface area contributed by atoms with E-state index in [-0.39, 0.29) is 31.2 Å². The van der Waals surface area contributed by atoms with Gasteiger partial charge in [-0.2, -0.15) is 4.31 Å². The summed E-state index contributed by atoms with van der Waals surface area (Å²) in [5, 5.41) is 11.9. The number of hydrogen-bond acceptors (Lipinski definition) is 7. The predicted molar refractivity (Wildman–Crippen MR) is 148 cm³/mol. The van der Waals surface area contributed by atoms with Crippen molar-refractivity contribution in [3.05, 3.63) is 96.1 Å². The lowest BCUT2D eigenvalue weighted by Crippen LogP contribution is -2.45. The Morgan fingerprint density at radius 1 is 0.950 bits per heavy atom. The van der Waals surface area contributed by atoms with Crippen LogP contribution in [0.25, 0.3) is 0 Å². The second-order valence-electron chi connectivity index (χ2n) is 9.11. The molecular weight excluding hydrogens is 534 g/mol. The van der Waals surface area contributed by atoms with Crippen LogP contribution >= 0.6 is 0 Å². The van der Waals surface area contributed by atoms with Crippen molar-refractivity contribution in [1.82, 2.24) is 14.5 Å². The highest BCUT2D eigenvalue weighted by molar-refractivity contribution is 7.89. The van der Waals surface area contributed by atoms with E-state index in [2.05, 4.69) is 5.32 Å². The summed E-state index contributed by atoms with van der Waals surface area (Å²) in [6.07, 6.45) is 0. The Morgan fingerprint density at radius 2 is 1.57 bits per heavy atom. The Balaban J connectivity index is 1.53. The van der Waals surface area contributed by atoms with Crippen LogP contribution in [0.15, 0.2) is 89.8 Å². The standard InChI is InChI=1S/C29H33N3O7S/c33-18-15-30-29(35)28(24-9-5-2-6-10-24)32(21-23-7-3-1-4-8-23)27(34)22-39-25-11-13-26(14-12-25)40(36,37)31-16-19-38-20-17-31/h1-14,28,33H,15-22H2,(H,30,35). The van der Waals surface area contributed by atoms with Gasteiger partial charge in [-0.3, -0.25) is 9.59 Å². The first-order chi connectivity index (χ1) is 19.4. The fraction of sp³-hybridized carbons (Fsp3) is 0.310. The zero-order valence-electron chi connectivity index (χ0n) is 22.0. The Labute approximate surface area is 234 Å². The molecule has 0 aliphatic carbocycles. The van der Waals surface area contributed by atoms with E-state index in [4.69, 9.17) is 9.47 Å². The van der Waals surface area contributed by atoms with E-state index in [1.807, 2.05) is 36.4 Å². The summed E-state index contributed by atoms with van der Waals surface area (Å²) in [6.45, 7) is 0.868. The molecule has 0 spiro atoms. The molecule has 2 N–H and O–H groups in total. The molecule has 1 aliphatic heterocycles. The number of morpholine rings is 1. The molecule has 2 amide bonds. The molecule has 10 nitrogen and oxygen atoms in total. The number of carbonyl (C=O) groups is 2. The number of rotatable bonds is 12. The average Bonchev–Trinajstić information content (AvgIpc) is 3.00. The molecule has 3 aromatic carbocycles. The number of benzene rings is 3. The number of ether oxygens (including phenoxy) is 2. The third-order valence-corrected chi connectivity index (χ3v) is 8.31. The lowest BCUT2D eigenvalue weighted by molar-refractivity contribution is -0.143. The van der Waals surface area contributed by atoms with Crippen LogP contribution in [-0.2, 0) is 30.9 Å². The molecule has 0 saturated carbocycles. The van der Waals surface area contributed by atoms with Gasteiger partial charge in [-0.15, -0.1) is 0 Å². The quantitative estimate of drug-likeness (QED) is 0.343. The highest BCUT2D eigenvalue weighted by atomic mass is 32.2. The Kier molecular flexibility index (Phi) is 10.3. The summed E-state index contributed by atoms with van der Waals surface area (Å²) >= 11 is 0. The number of hydrogen-bond donors (Lipinski definition) is 2. The molecule has 1 unspecified atom stereocenters. The van der Waals surface area contributed by atoms with Crippen molar-refractivity contribution in [2.45, 2.75) is 17.5 Å². The molecule has 40 heavy (non-hydrogen) atoms. The van der Waals surface area contributed by atoms with Gasteiger partial charge >= 0.3 is 0 Å². The first-order valence-electron chi connectivity index (χ1n) is 13.0. The molecule has 0 radical (unpaired) electrons. The van der Waals surface area contributed by atoms with Gasteiger partial charge in [-0.1, -0.05) is 60.7 Å². The van der Waals surface area contributed by atoms with Crippen LogP contribution in [-0.4, -0.2) is 80.6 Å². The van der Waals surface area contributed by atoms with Crippen molar-refractivity contribution >= 4 is 21.8 Å². The van der Waals surface area contributed by atoms with E-state index in [1.165, 1.54) is 33.5 Å². The van der Waals surface area contributed by atoms with Crippen LogP contribution in [0.1, 0.15) is 17.2 Å². The normalized spacial score (nSPS) is 14.7. The molecule has 0 bridgehead atoms. The van der Waals surface area contributed by atoms with Gasteiger partial charge in [0.2, 0.25) is 15.9 Å². The number of nitrogens with zero attached hydrogens (tertiary/aromatic N) is 2. The summed E-state index contributed by atoms with van der Waals surface area (Å²) in [7, 11) is -3.66. The third-order valence-electron chi connectivity index (χ3n) is 6.40. The van der Waals surface area contributed by atoms with E-state index in [1.54, 1.807) is 24.3 Å². The summed E-state index contributed by atoms with van der Waals surface area (Å²) < 4.78 is 38.2. The molecule has 11 heteroatoms. The molecule has 4 rings (SSSR count). The smallest absolute Gasteiger partial charge is 0.261 e. The topological polar surface area (TPSA) is 125 Å². The number of amides is 2. The van der Waals surface area contributed by atoms with Gasteiger partial charge in [-0.05, 0) is 35.4 Å². The highest BCUT2D eigenvalue weighted by Gasteiger charge is 2.32. The summed E-state index contributed by atoms with van der Waals surface area (Å²) in [4.78, 5) is 28.4. The van der Waals surface area contributed by atoms with Crippen LogP contribution < -0.4 is 10.1 Å². The lowest BCUT2D eigenvalue weighted by atomic mass is 10.0. The van der Waals surface area contributed by atoms with Gasteiger partial charge in [0.15, 0.2) is 6.61 Å². The van der Waals surface area contributed by atoms with Crippen molar-refractivity contribution in [2.75, 3.05) is 46.1 Å². The minimum atomic E-state index is -3.66. The Morgan fingerprint density at radius 3 is 2.20 bits per heavy atom. The van der Waals surface area contributed by atoms with Gasteiger partial charge in [0.1, 0.15) is 11.8 Å². The van der Waals surface area contributed by atoms with Crippen LogP contribution in [0.2, 0.25) is 0 Å². The summed E-state index contributed by atoms with van der Waals surface area (Å²) in [6, 6.07) is 23.2. The van der Waals surface area contributed by atoms with E-state index >= 15 is 0 Å². The van der Waals surface area contributed by atoms with E-state index in [9.17, 15) is 23.1 Å². The minimum Gasteiger partial charge on any atom is -0.484 e. The van der Waals surface area contributed by atoms with Gasteiger partial charge in [0.05, 0.1) is 24.7 Å². The molecule has 1 aliphatic rings. The largest absolute Gasteiger partial charge is 0.484 e. The highest BCUT2D eigenvalue weighted by Crippen LogP contribution is 2.25. The maximum Gasteiger partial charge on any atom is 0.261 e. The number of sulfonamides is 1. The van der Waals surface area contributed by atoms with E-state index < -0.39 is 27.9 Å². The minimum absolute atomic E-state index is 0.0474. The Bertz CT molecular complexity index is 1350. The first kappa shape index (κ1) is 29.2. The maximum absolute atomic E-state index is 13.6. The van der Waals surface area contributed by atoms with Gasteiger partial charge < -0.3 is 24.8 Å². The molecule has 3 aromatic rings. The average molecular weight is 568 g/mol. The van der Waals surface area contributed by atoms with Gasteiger partial charge in [-0.25, -0.2) is 8.42 Å². The lowest BCUT2D eigenvalue weighted by Gasteiger charge is -2.31. The van der Waals surface area contributed by atoms with Crippen molar-refractivity contribution in [3.63, 3.8) is 0 Å². The monoisotopic (exact) mass is 567 g/mol. The summed E-state index contributed by atoms with van der Waals surface area (Å²) in [5.74, 6) is -0.556. The van der Waals surface area contributed by atoms with Gasteiger partial charge in [0, 0.05) is 26.2 Å². The van der Waals surface area contributed by atoms with Crippen molar-refractivity contribution in [1.29, 1.82) is 0 Å². The number of aliphatic hydroxyl groups excluding tert-OH is 1. The zero-order valence-corrected chi connectivity index (χ0v) is 22.8. The van der Waals surface area contributed by atoms with Crippen LogP contribution in [0.5, 0.6) is 5.75 Å².